The number of nitrogens with zero attached hydrogens (tertiary/aromatic N) is 1. The standard InChI is InChI=1S/C65H43N/c1-3-19-51(20-4-1)65(52-21-5-2-6-22-52)62-28-12-11-25-58(62)59-39-38-53(42-63(59)65)66-43-61(49-35-33-48(34-36-49)57-27-14-18-46-16-8-10-24-55(46)57)60-41-50(37-40-64(60)66)44-29-31-47(32-30-44)56-26-13-17-45-15-7-9-23-54(45)56/h1-43H. The first-order valence-corrected chi connectivity index (χ1v) is 22.9. The first-order chi connectivity index (χ1) is 32.7. The predicted molar refractivity (Wildman–Crippen MR) is 277 cm³/mol. The Morgan fingerprint density at radius 1 is 0.273 bits per heavy atom. The number of hydrogen-bond donors (Lipinski definition) is 0. The third kappa shape index (κ3) is 5.94. The van der Waals surface area contributed by atoms with Gasteiger partial charge in [0.1, 0.15) is 0 Å². The van der Waals surface area contributed by atoms with Crippen molar-refractivity contribution in [2.45, 2.75) is 5.41 Å². The van der Waals surface area contributed by atoms with Gasteiger partial charge >= 0.3 is 0 Å². The molecular formula is C65H43N. The van der Waals surface area contributed by atoms with E-state index in [0.717, 1.165) is 5.69 Å². The van der Waals surface area contributed by atoms with E-state index in [-0.39, 0.29) is 0 Å². The van der Waals surface area contributed by atoms with Crippen molar-refractivity contribution in [3.8, 4) is 61.3 Å². The number of rotatable bonds is 7. The molecule has 0 aliphatic heterocycles. The lowest BCUT2D eigenvalue weighted by molar-refractivity contribution is 0.767. The molecule has 0 atom stereocenters. The quantitative estimate of drug-likeness (QED) is 0.151. The molecule has 0 saturated carbocycles. The summed E-state index contributed by atoms with van der Waals surface area (Å²) in [5.74, 6) is 0. The van der Waals surface area contributed by atoms with Crippen molar-refractivity contribution in [1.29, 1.82) is 0 Å². The van der Waals surface area contributed by atoms with E-state index >= 15 is 0 Å². The summed E-state index contributed by atoms with van der Waals surface area (Å²) >= 11 is 0. The number of fused-ring (bicyclic) bond motifs is 6. The predicted octanol–water partition coefficient (Wildman–Crippen LogP) is 17.0. The summed E-state index contributed by atoms with van der Waals surface area (Å²) in [6.07, 6.45) is 2.36. The van der Waals surface area contributed by atoms with Gasteiger partial charge in [-0.25, -0.2) is 0 Å². The first kappa shape index (κ1) is 38.0. The maximum Gasteiger partial charge on any atom is 0.0714 e. The Morgan fingerprint density at radius 3 is 1.36 bits per heavy atom. The highest BCUT2D eigenvalue weighted by molar-refractivity contribution is 6.02. The zero-order chi connectivity index (χ0) is 43.6. The summed E-state index contributed by atoms with van der Waals surface area (Å²) in [5, 5.41) is 6.25. The summed E-state index contributed by atoms with van der Waals surface area (Å²) < 4.78 is 2.42. The van der Waals surface area contributed by atoms with E-state index in [0.29, 0.717) is 0 Å². The van der Waals surface area contributed by atoms with Crippen LogP contribution >= 0.6 is 0 Å². The Bertz CT molecular complexity index is 3730. The van der Waals surface area contributed by atoms with Crippen LogP contribution < -0.4 is 0 Å². The van der Waals surface area contributed by atoms with Crippen LogP contribution in [-0.2, 0) is 5.41 Å². The van der Waals surface area contributed by atoms with Crippen LogP contribution in [0.15, 0.2) is 261 Å². The fraction of sp³-hybridized carbons (Fsp3) is 0.0154. The number of aromatic nitrogens is 1. The van der Waals surface area contributed by atoms with E-state index in [1.165, 1.54) is 110 Å². The van der Waals surface area contributed by atoms with E-state index in [9.17, 15) is 0 Å². The molecule has 1 heteroatoms. The highest BCUT2D eigenvalue weighted by Gasteiger charge is 2.46. The maximum absolute atomic E-state index is 2.46. The molecule has 13 rings (SSSR count). The van der Waals surface area contributed by atoms with E-state index in [4.69, 9.17) is 0 Å². The van der Waals surface area contributed by atoms with Gasteiger partial charge in [0.25, 0.3) is 0 Å². The Balaban J connectivity index is 0.985. The molecule has 11 aromatic carbocycles. The van der Waals surface area contributed by atoms with E-state index in [1.54, 1.807) is 0 Å². The van der Waals surface area contributed by atoms with Gasteiger partial charge in [0.2, 0.25) is 0 Å². The molecule has 0 saturated heterocycles. The maximum atomic E-state index is 2.46. The molecule has 0 amide bonds. The van der Waals surface area contributed by atoms with Crippen molar-refractivity contribution >= 4 is 32.4 Å². The topological polar surface area (TPSA) is 4.93 Å². The summed E-state index contributed by atoms with van der Waals surface area (Å²) in [7, 11) is 0. The monoisotopic (exact) mass is 837 g/mol. The molecular weight excluding hydrogens is 795 g/mol. The molecule has 0 fully saturated rings. The average molecular weight is 838 g/mol. The summed E-state index contributed by atoms with van der Waals surface area (Å²) in [6, 6.07) is 94.0. The second-order valence-corrected chi connectivity index (χ2v) is 17.6. The van der Waals surface area contributed by atoms with Crippen LogP contribution in [-0.4, -0.2) is 4.57 Å². The Labute approximate surface area is 385 Å². The molecule has 308 valence electrons. The van der Waals surface area contributed by atoms with E-state index in [1.807, 2.05) is 0 Å². The molecule has 1 aromatic heterocycles. The third-order valence-corrected chi connectivity index (χ3v) is 14.1. The molecule has 1 nitrogen and oxygen atoms in total. The van der Waals surface area contributed by atoms with Crippen molar-refractivity contribution in [3.63, 3.8) is 0 Å². The highest BCUT2D eigenvalue weighted by atomic mass is 15.0. The minimum atomic E-state index is -0.487. The van der Waals surface area contributed by atoms with E-state index < -0.39 is 5.41 Å². The van der Waals surface area contributed by atoms with Gasteiger partial charge in [-0.05, 0) is 118 Å². The van der Waals surface area contributed by atoms with Crippen molar-refractivity contribution in [2.24, 2.45) is 0 Å². The molecule has 0 bridgehead atoms. The second kappa shape index (κ2) is 15.3. The van der Waals surface area contributed by atoms with Gasteiger partial charge in [-0.1, -0.05) is 231 Å². The number of hydrogen-bond acceptors (Lipinski definition) is 0. The Kier molecular flexibility index (Phi) is 8.82. The fourth-order valence-electron chi connectivity index (χ4n) is 11.1. The first-order valence-electron chi connectivity index (χ1n) is 22.9. The summed E-state index contributed by atoms with van der Waals surface area (Å²) in [6.45, 7) is 0. The molecule has 1 aliphatic carbocycles. The molecule has 0 spiro atoms. The van der Waals surface area contributed by atoms with Gasteiger partial charge in [0.05, 0.1) is 10.9 Å². The lowest BCUT2D eigenvalue weighted by atomic mass is 9.67. The van der Waals surface area contributed by atoms with Crippen molar-refractivity contribution in [3.05, 3.63) is 283 Å². The van der Waals surface area contributed by atoms with Crippen LogP contribution in [0.25, 0.3) is 93.8 Å². The minimum Gasteiger partial charge on any atom is -0.316 e. The third-order valence-electron chi connectivity index (χ3n) is 14.1. The van der Waals surface area contributed by atoms with Gasteiger partial charge in [0.15, 0.2) is 0 Å². The fourth-order valence-corrected chi connectivity index (χ4v) is 11.1. The van der Waals surface area contributed by atoms with Gasteiger partial charge in [-0.15, -0.1) is 0 Å². The van der Waals surface area contributed by atoms with Crippen LogP contribution in [0.2, 0.25) is 0 Å². The number of benzene rings is 11. The van der Waals surface area contributed by atoms with E-state index in [2.05, 4.69) is 266 Å². The molecule has 12 aromatic rings. The normalized spacial score (nSPS) is 12.7. The zero-order valence-electron chi connectivity index (χ0n) is 36.3. The SMILES string of the molecule is c1ccc(C2(c3ccccc3)c3ccccc3-c3ccc(-n4cc(-c5ccc(-c6cccc7ccccc67)cc5)c5cc(-c6ccc(-c7cccc8ccccc78)cc6)ccc54)cc32)cc1. The van der Waals surface area contributed by atoms with Crippen LogP contribution in [0.3, 0.4) is 0 Å². The van der Waals surface area contributed by atoms with Crippen molar-refractivity contribution in [1.82, 2.24) is 4.57 Å². The van der Waals surface area contributed by atoms with Gasteiger partial charge in [-0.2, -0.15) is 0 Å². The van der Waals surface area contributed by atoms with Gasteiger partial charge in [0, 0.05) is 22.8 Å². The van der Waals surface area contributed by atoms with Crippen molar-refractivity contribution < 1.29 is 0 Å². The van der Waals surface area contributed by atoms with Crippen LogP contribution in [0.4, 0.5) is 0 Å². The lowest BCUT2D eigenvalue weighted by Gasteiger charge is -2.34. The Hall–Kier alpha value is -8.52. The largest absolute Gasteiger partial charge is 0.316 e. The lowest BCUT2D eigenvalue weighted by Crippen LogP contribution is -2.28. The molecule has 1 aliphatic rings. The average Bonchev–Trinajstić information content (AvgIpc) is 3.93. The zero-order valence-corrected chi connectivity index (χ0v) is 36.3. The summed E-state index contributed by atoms with van der Waals surface area (Å²) in [4.78, 5) is 0. The smallest absolute Gasteiger partial charge is 0.0714 e. The molecule has 1 heterocycles. The van der Waals surface area contributed by atoms with Gasteiger partial charge < -0.3 is 4.57 Å². The molecule has 0 unspecified atom stereocenters. The Morgan fingerprint density at radius 2 is 0.742 bits per heavy atom. The molecule has 0 radical (unpaired) electrons. The molecule has 0 N–H and O–H groups in total. The summed E-state index contributed by atoms with van der Waals surface area (Å²) in [5.41, 5.74) is 19.2. The van der Waals surface area contributed by atoms with Gasteiger partial charge in [-0.3, -0.25) is 0 Å². The highest BCUT2D eigenvalue weighted by Crippen LogP contribution is 2.56. The van der Waals surface area contributed by atoms with Crippen LogP contribution in [0, 0.1) is 0 Å². The van der Waals surface area contributed by atoms with Crippen LogP contribution in [0.1, 0.15) is 22.3 Å². The second-order valence-electron chi connectivity index (χ2n) is 17.6. The molecule has 66 heavy (non-hydrogen) atoms. The minimum absolute atomic E-state index is 0.487. The van der Waals surface area contributed by atoms with Crippen molar-refractivity contribution in [2.75, 3.05) is 0 Å². The van der Waals surface area contributed by atoms with Crippen LogP contribution in [0.5, 0.6) is 0 Å².